The van der Waals surface area contributed by atoms with Gasteiger partial charge < -0.3 is 10.6 Å². The maximum atomic E-state index is 12.9. The molecule has 1 aliphatic rings. The van der Waals surface area contributed by atoms with Crippen LogP contribution in [0.2, 0.25) is 0 Å². The molecule has 9 heteroatoms. The number of nitrogens with one attached hydrogen (secondary N) is 2. The summed E-state index contributed by atoms with van der Waals surface area (Å²) in [6.07, 6.45) is 2.03. The summed E-state index contributed by atoms with van der Waals surface area (Å²) in [4.78, 5) is 25.3. The van der Waals surface area contributed by atoms with Gasteiger partial charge in [0.15, 0.2) is 9.84 Å². The molecule has 0 bridgehead atoms. The summed E-state index contributed by atoms with van der Waals surface area (Å²) in [5, 5.41) is 5.43. The van der Waals surface area contributed by atoms with Crippen LogP contribution in [0.1, 0.15) is 26.2 Å². The van der Waals surface area contributed by atoms with Crippen LogP contribution in [-0.4, -0.2) is 63.1 Å². The predicted molar refractivity (Wildman–Crippen MR) is 99.3 cm³/mol. The Kier molecular flexibility index (Phi) is 7.32. The number of likely N-dealkylation sites (N-methyl/N-ethyl adjacent to an activating group) is 1. The van der Waals surface area contributed by atoms with Crippen LogP contribution < -0.4 is 10.6 Å². The number of benzene rings is 1. The van der Waals surface area contributed by atoms with Crippen LogP contribution in [0.5, 0.6) is 0 Å². The molecule has 0 radical (unpaired) electrons. The molecule has 27 heavy (non-hydrogen) atoms. The van der Waals surface area contributed by atoms with Gasteiger partial charge in [0.2, 0.25) is 11.8 Å². The maximum absolute atomic E-state index is 12.9. The Balaban J connectivity index is 1.76. The van der Waals surface area contributed by atoms with Gasteiger partial charge >= 0.3 is 0 Å². The van der Waals surface area contributed by atoms with E-state index in [0.717, 1.165) is 25.0 Å². The molecular weight excluding hydrogens is 373 g/mol. The van der Waals surface area contributed by atoms with Crippen LogP contribution in [-0.2, 0) is 19.4 Å². The van der Waals surface area contributed by atoms with E-state index in [0.29, 0.717) is 6.54 Å². The number of carbonyl (C=O) groups is 2. The molecule has 0 saturated carbocycles. The van der Waals surface area contributed by atoms with E-state index in [4.69, 9.17) is 0 Å². The number of nitrogens with zero attached hydrogens (tertiary/aromatic N) is 1. The van der Waals surface area contributed by atoms with Gasteiger partial charge in [0.05, 0.1) is 10.6 Å². The van der Waals surface area contributed by atoms with Crippen LogP contribution in [0, 0.1) is 5.82 Å². The zero-order valence-corrected chi connectivity index (χ0v) is 16.4. The van der Waals surface area contributed by atoms with Crippen molar-refractivity contribution in [1.82, 2.24) is 15.5 Å². The third-order valence-corrected chi connectivity index (χ3v) is 6.59. The first-order chi connectivity index (χ1) is 12.7. The first-order valence-corrected chi connectivity index (χ1v) is 10.6. The van der Waals surface area contributed by atoms with E-state index in [1.807, 2.05) is 7.05 Å². The molecule has 0 unspecified atom stereocenters. The molecule has 1 heterocycles. The van der Waals surface area contributed by atoms with Gasteiger partial charge in [-0.3, -0.25) is 14.5 Å². The average Bonchev–Trinajstić information content (AvgIpc) is 2.93. The number of amides is 2. The van der Waals surface area contributed by atoms with E-state index in [9.17, 15) is 22.4 Å². The van der Waals surface area contributed by atoms with Gasteiger partial charge in [0, 0.05) is 38.5 Å². The topological polar surface area (TPSA) is 95.6 Å². The van der Waals surface area contributed by atoms with Crippen molar-refractivity contribution in [2.24, 2.45) is 0 Å². The number of carbonyl (C=O) groups excluding carboxylic acids is 2. The van der Waals surface area contributed by atoms with Crippen molar-refractivity contribution in [2.45, 2.75) is 43.2 Å². The molecule has 2 atom stereocenters. The van der Waals surface area contributed by atoms with E-state index in [1.165, 1.54) is 19.1 Å². The molecule has 0 aliphatic carbocycles. The molecule has 0 aromatic heterocycles. The van der Waals surface area contributed by atoms with Gasteiger partial charge in [0.1, 0.15) is 5.82 Å². The average molecular weight is 399 g/mol. The molecule has 1 aromatic rings. The van der Waals surface area contributed by atoms with E-state index < -0.39 is 15.7 Å². The Bertz CT molecular complexity index is 767. The van der Waals surface area contributed by atoms with Crippen LogP contribution in [0.15, 0.2) is 29.2 Å². The summed E-state index contributed by atoms with van der Waals surface area (Å²) >= 11 is 0. The minimum Gasteiger partial charge on any atom is -0.355 e. The number of halogens is 1. The zero-order valence-electron chi connectivity index (χ0n) is 15.6. The summed E-state index contributed by atoms with van der Waals surface area (Å²) in [7, 11) is -1.64. The highest BCUT2D eigenvalue weighted by atomic mass is 32.2. The quantitative estimate of drug-likeness (QED) is 0.628. The monoisotopic (exact) mass is 399 g/mol. The SMILES string of the molecule is CC(=O)NC[C@H]1CC[C@@H](CC(=O)NCCS(=O)(=O)c2ccc(F)cc2)N1C. The molecule has 2 rings (SSSR count). The highest BCUT2D eigenvalue weighted by Crippen LogP contribution is 2.24. The Hall–Kier alpha value is -2.00. The summed E-state index contributed by atoms with van der Waals surface area (Å²) in [5.74, 6) is -1.02. The number of hydrogen-bond donors (Lipinski definition) is 2. The lowest BCUT2D eigenvalue weighted by molar-refractivity contribution is -0.122. The van der Waals surface area contributed by atoms with Crippen molar-refractivity contribution in [1.29, 1.82) is 0 Å². The van der Waals surface area contributed by atoms with Crippen LogP contribution >= 0.6 is 0 Å². The van der Waals surface area contributed by atoms with Gasteiger partial charge in [-0.15, -0.1) is 0 Å². The fourth-order valence-corrected chi connectivity index (χ4v) is 4.37. The zero-order chi connectivity index (χ0) is 20.0. The minimum atomic E-state index is -3.57. The molecule has 1 aliphatic heterocycles. The second kappa shape index (κ2) is 9.27. The molecule has 1 fully saturated rings. The second-order valence-electron chi connectivity index (χ2n) is 6.81. The fourth-order valence-electron chi connectivity index (χ4n) is 3.21. The van der Waals surface area contributed by atoms with Gasteiger partial charge in [-0.25, -0.2) is 12.8 Å². The molecule has 150 valence electrons. The van der Waals surface area contributed by atoms with E-state index in [1.54, 1.807) is 0 Å². The van der Waals surface area contributed by atoms with Gasteiger partial charge in [-0.2, -0.15) is 0 Å². The Morgan fingerprint density at radius 3 is 2.41 bits per heavy atom. The van der Waals surface area contributed by atoms with Crippen molar-refractivity contribution in [3.8, 4) is 0 Å². The smallest absolute Gasteiger partial charge is 0.221 e. The predicted octanol–water partition coefficient (Wildman–Crippen LogP) is 0.705. The van der Waals surface area contributed by atoms with Crippen molar-refractivity contribution in [3.63, 3.8) is 0 Å². The molecule has 1 aromatic carbocycles. The Morgan fingerprint density at radius 1 is 1.15 bits per heavy atom. The van der Waals surface area contributed by atoms with E-state index >= 15 is 0 Å². The third-order valence-electron chi connectivity index (χ3n) is 4.86. The van der Waals surface area contributed by atoms with Gasteiger partial charge in [-0.1, -0.05) is 0 Å². The Labute approximate surface area is 159 Å². The van der Waals surface area contributed by atoms with E-state index in [2.05, 4.69) is 15.5 Å². The van der Waals surface area contributed by atoms with Crippen LogP contribution in [0.25, 0.3) is 0 Å². The lowest BCUT2D eigenvalue weighted by atomic mass is 10.1. The number of likely N-dealkylation sites (tertiary alicyclic amines) is 1. The van der Waals surface area contributed by atoms with E-state index in [-0.39, 0.29) is 47.5 Å². The molecule has 1 saturated heterocycles. The summed E-state index contributed by atoms with van der Waals surface area (Å²) < 4.78 is 37.2. The number of hydrogen-bond acceptors (Lipinski definition) is 5. The summed E-state index contributed by atoms with van der Waals surface area (Å²) in [6, 6.07) is 4.89. The van der Waals surface area contributed by atoms with Crippen molar-refractivity contribution >= 4 is 21.7 Å². The van der Waals surface area contributed by atoms with Crippen LogP contribution in [0.3, 0.4) is 0 Å². The first-order valence-electron chi connectivity index (χ1n) is 8.90. The summed E-state index contributed by atoms with van der Waals surface area (Å²) in [5.41, 5.74) is 0. The van der Waals surface area contributed by atoms with Gasteiger partial charge in [0.25, 0.3) is 0 Å². The lowest BCUT2D eigenvalue weighted by Gasteiger charge is -2.25. The third kappa shape index (κ3) is 6.28. The minimum absolute atomic E-state index is 0.00426. The fraction of sp³-hybridized carbons (Fsp3) is 0.556. The maximum Gasteiger partial charge on any atom is 0.221 e. The standard InChI is InChI=1S/C18H26FN3O4S/c1-13(23)21-12-16-6-5-15(22(16)2)11-18(24)20-9-10-27(25,26)17-7-3-14(19)4-8-17/h3-4,7-8,15-16H,5-6,9-12H2,1-2H3,(H,20,24)(H,21,23)/t15-,16+/m0/s1. The molecule has 0 spiro atoms. The van der Waals surface area contributed by atoms with Crippen molar-refractivity contribution in [2.75, 3.05) is 25.9 Å². The first kappa shape index (κ1) is 21.3. The normalized spacial score (nSPS) is 20.4. The largest absolute Gasteiger partial charge is 0.355 e. The highest BCUT2D eigenvalue weighted by molar-refractivity contribution is 7.91. The van der Waals surface area contributed by atoms with Crippen molar-refractivity contribution < 1.29 is 22.4 Å². The van der Waals surface area contributed by atoms with Gasteiger partial charge in [-0.05, 0) is 44.2 Å². The number of sulfone groups is 1. The molecule has 7 nitrogen and oxygen atoms in total. The molecule has 2 N–H and O–H groups in total. The second-order valence-corrected chi connectivity index (χ2v) is 8.92. The number of rotatable bonds is 8. The van der Waals surface area contributed by atoms with Crippen molar-refractivity contribution in [3.05, 3.63) is 30.1 Å². The van der Waals surface area contributed by atoms with Crippen LogP contribution in [0.4, 0.5) is 4.39 Å². The highest BCUT2D eigenvalue weighted by Gasteiger charge is 2.31. The molecular formula is C18H26FN3O4S. The lowest BCUT2D eigenvalue weighted by Crippen LogP contribution is -2.42. The Morgan fingerprint density at radius 2 is 1.78 bits per heavy atom. The molecule has 2 amide bonds. The summed E-state index contributed by atoms with van der Waals surface area (Å²) in [6.45, 7) is 2.03.